The molecular weight excluding hydrogens is 409 g/mol. The molecule has 0 bridgehead atoms. The molecule has 1 atom stereocenters. The number of halogens is 1. The highest BCUT2D eigenvalue weighted by atomic mass is 32.1. The number of hydrogen-bond donors (Lipinski definition) is 0. The molecule has 0 amide bonds. The Morgan fingerprint density at radius 1 is 1.27 bits per heavy atom. The van der Waals surface area contributed by atoms with E-state index in [1.54, 1.807) is 28.0 Å². The molecule has 0 N–H and O–H groups in total. The van der Waals surface area contributed by atoms with E-state index in [0.29, 0.717) is 19.1 Å². The van der Waals surface area contributed by atoms with Gasteiger partial charge in [-0.2, -0.15) is 0 Å². The van der Waals surface area contributed by atoms with Gasteiger partial charge in [-0.05, 0) is 42.5 Å². The second-order valence-corrected chi connectivity index (χ2v) is 9.07. The molecule has 0 saturated heterocycles. The van der Waals surface area contributed by atoms with Crippen LogP contribution in [0, 0.1) is 15.9 Å². The summed E-state index contributed by atoms with van der Waals surface area (Å²) in [5.41, 5.74) is 1.59. The molecule has 2 aliphatic rings. The van der Waals surface area contributed by atoms with Crippen LogP contribution < -0.4 is 4.74 Å². The summed E-state index contributed by atoms with van der Waals surface area (Å²) < 4.78 is 20.9. The monoisotopic (exact) mass is 429 g/mol. The molecule has 1 aromatic carbocycles. The third-order valence-corrected chi connectivity index (χ3v) is 6.71. The third kappa shape index (κ3) is 3.56. The van der Waals surface area contributed by atoms with Gasteiger partial charge in [-0.15, -0.1) is 11.3 Å². The van der Waals surface area contributed by atoms with E-state index in [4.69, 9.17) is 9.72 Å². The zero-order valence-electron chi connectivity index (χ0n) is 16.4. The molecule has 5 rings (SSSR count). The first-order chi connectivity index (χ1) is 14.4. The third-order valence-electron chi connectivity index (χ3n) is 5.50. The molecule has 2 aliphatic heterocycles. The van der Waals surface area contributed by atoms with Gasteiger partial charge < -0.3 is 14.9 Å². The molecule has 0 spiro atoms. The fourth-order valence-electron chi connectivity index (χ4n) is 4.12. The molecule has 0 radical (unpaired) electrons. The Morgan fingerprint density at radius 3 is 2.77 bits per heavy atom. The standard InChI is InChI=1S/C20H20FN5O3S/c1-20(12-25-10-17(26(27)28)23-19(25)29-20)11-24-8-6-15-16(7-9-24)30-18(22-15)13-2-4-14(21)5-3-13/h2-5,10H,6-9,11-12H2,1H3. The van der Waals surface area contributed by atoms with Crippen LogP contribution in [0.1, 0.15) is 17.5 Å². The van der Waals surface area contributed by atoms with E-state index in [1.807, 2.05) is 6.92 Å². The average Bonchev–Trinajstić information content (AvgIpc) is 3.32. The fraction of sp³-hybridized carbons (Fsp3) is 0.400. The molecule has 0 aliphatic carbocycles. The molecule has 30 heavy (non-hydrogen) atoms. The van der Waals surface area contributed by atoms with E-state index < -0.39 is 10.5 Å². The number of hydrogen-bond acceptors (Lipinski definition) is 7. The lowest BCUT2D eigenvalue weighted by Gasteiger charge is -2.29. The minimum atomic E-state index is -0.508. The van der Waals surface area contributed by atoms with Gasteiger partial charge in [0.15, 0.2) is 0 Å². The molecule has 0 saturated carbocycles. The van der Waals surface area contributed by atoms with Crippen LogP contribution in [0.2, 0.25) is 0 Å². The highest BCUT2D eigenvalue weighted by molar-refractivity contribution is 7.15. The number of ether oxygens (including phenoxy) is 1. The summed E-state index contributed by atoms with van der Waals surface area (Å²) in [6.45, 7) is 5.01. The van der Waals surface area contributed by atoms with Crippen molar-refractivity contribution in [3.05, 3.63) is 57.0 Å². The number of fused-ring (bicyclic) bond motifs is 2. The van der Waals surface area contributed by atoms with Crippen molar-refractivity contribution in [1.82, 2.24) is 19.4 Å². The Bertz CT molecular complexity index is 1060. The number of benzene rings is 1. The summed E-state index contributed by atoms with van der Waals surface area (Å²) in [7, 11) is 0. The molecule has 1 unspecified atom stereocenters. The average molecular weight is 429 g/mol. The van der Waals surface area contributed by atoms with Crippen molar-refractivity contribution in [1.29, 1.82) is 0 Å². The number of rotatable bonds is 4. The molecule has 156 valence electrons. The molecule has 4 heterocycles. The highest BCUT2D eigenvalue weighted by Crippen LogP contribution is 2.33. The van der Waals surface area contributed by atoms with E-state index >= 15 is 0 Å². The first-order valence-electron chi connectivity index (χ1n) is 9.76. The lowest BCUT2D eigenvalue weighted by atomic mass is 10.1. The van der Waals surface area contributed by atoms with Crippen molar-refractivity contribution in [3.8, 4) is 16.6 Å². The number of thiazole rings is 1. The minimum Gasteiger partial charge on any atom is -0.436 e. The van der Waals surface area contributed by atoms with Crippen LogP contribution in [0.5, 0.6) is 6.01 Å². The van der Waals surface area contributed by atoms with E-state index in [2.05, 4.69) is 9.88 Å². The predicted molar refractivity (Wildman–Crippen MR) is 109 cm³/mol. The molecular formula is C20H20FN5O3S. The molecule has 0 fully saturated rings. The minimum absolute atomic E-state index is 0.186. The van der Waals surface area contributed by atoms with Crippen LogP contribution in [0.15, 0.2) is 30.5 Å². The maximum absolute atomic E-state index is 13.2. The lowest BCUT2D eigenvalue weighted by Crippen LogP contribution is -2.45. The van der Waals surface area contributed by atoms with Gasteiger partial charge in [0.1, 0.15) is 22.6 Å². The summed E-state index contributed by atoms with van der Waals surface area (Å²) in [5.74, 6) is -0.430. The number of nitro groups is 1. The van der Waals surface area contributed by atoms with E-state index in [9.17, 15) is 14.5 Å². The van der Waals surface area contributed by atoms with Gasteiger partial charge in [0.25, 0.3) is 0 Å². The van der Waals surface area contributed by atoms with Gasteiger partial charge in [-0.25, -0.2) is 9.37 Å². The van der Waals surface area contributed by atoms with Crippen LogP contribution in [0.25, 0.3) is 10.6 Å². The Morgan fingerprint density at radius 2 is 2.03 bits per heavy atom. The second kappa shape index (κ2) is 7.13. The SMILES string of the molecule is CC1(CN2CCc3nc(-c4ccc(F)cc4)sc3CC2)Cn2cc([N+](=O)[O-])nc2O1. The Labute approximate surface area is 176 Å². The van der Waals surface area contributed by atoms with Crippen LogP contribution >= 0.6 is 11.3 Å². The van der Waals surface area contributed by atoms with Crippen LogP contribution in [0.3, 0.4) is 0 Å². The van der Waals surface area contributed by atoms with Crippen molar-refractivity contribution in [2.75, 3.05) is 19.6 Å². The second-order valence-electron chi connectivity index (χ2n) is 7.99. The van der Waals surface area contributed by atoms with Crippen molar-refractivity contribution >= 4 is 17.2 Å². The van der Waals surface area contributed by atoms with Crippen LogP contribution in [0.4, 0.5) is 10.2 Å². The van der Waals surface area contributed by atoms with Crippen molar-refractivity contribution < 1.29 is 14.1 Å². The first kappa shape index (κ1) is 19.1. The number of aromatic nitrogens is 3. The summed E-state index contributed by atoms with van der Waals surface area (Å²) in [4.78, 5) is 22.8. The quantitative estimate of drug-likeness (QED) is 0.467. The van der Waals surface area contributed by atoms with Gasteiger partial charge in [0.05, 0.1) is 12.2 Å². The van der Waals surface area contributed by atoms with Crippen LogP contribution in [-0.2, 0) is 19.4 Å². The maximum atomic E-state index is 13.2. The Balaban J connectivity index is 1.24. The first-order valence-corrected chi connectivity index (χ1v) is 10.6. The van der Waals surface area contributed by atoms with E-state index in [1.165, 1.54) is 23.2 Å². The van der Waals surface area contributed by atoms with E-state index in [-0.39, 0.29) is 11.6 Å². The van der Waals surface area contributed by atoms with Crippen molar-refractivity contribution in [2.24, 2.45) is 0 Å². The summed E-state index contributed by atoms with van der Waals surface area (Å²) in [6, 6.07) is 6.78. The zero-order valence-corrected chi connectivity index (χ0v) is 17.2. The molecule has 2 aromatic heterocycles. The van der Waals surface area contributed by atoms with Gasteiger partial charge >= 0.3 is 11.8 Å². The van der Waals surface area contributed by atoms with Gasteiger partial charge in [0.2, 0.25) is 0 Å². The fourth-order valence-corrected chi connectivity index (χ4v) is 5.22. The molecule has 3 aromatic rings. The summed E-state index contributed by atoms with van der Waals surface area (Å²) >= 11 is 1.68. The van der Waals surface area contributed by atoms with Gasteiger partial charge in [0, 0.05) is 41.5 Å². The topological polar surface area (TPSA) is 86.3 Å². The van der Waals surface area contributed by atoms with Crippen LogP contribution in [-0.4, -0.2) is 49.6 Å². The normalized spacial score (nSPS) is 21.0. The number of nitrogens with zero attached hydrogens (tertiary/aromatic N) is 5. The summed E-state index contributed by atoms with van der Waals surface area (Å²) in [6.07, 6.45) is 3.18. The predicted octanol–water partition coefficient (Wildman–Crippen LogP) is 3.31. The molecule has 8 nitrogen and oxygen atoms in total. The molecule has 10 heteroatoms. The van der Waals surface area contributed by atoms with E-state index in [0.717, 1.165) is 42.2 Å². The lowest BCUT2D eigenvalue weighted by molar-refractivity contribution is -0.389. The largest absolute Gasteiger partial charge is 0.436 e. The number of imidazole rings is 1. The highest BCUT2D eigenvalue weighted by Gasteiger charge is 2.41. The smallest absolute Gasteiger partial charge is 0.415 e. The Hall–Kier alpha value is -2.85. The summed E-state index contributed by atoms with van der Waals surface area (Å²) in [5, 5.41) is 11.8. The maximum Gasteiger partial charge on any atom is 0.415 e. The Kier molecular flexibility index (Phi) is 4.55. The van der Waals surface area contributed by atoms with Gasteiger partial charge in [-0.3, -0.25) is 9.47 Å². The zero-order chi connectivity index (χ0) is 20.9. The van der Waals surface area contributed by atoms with Crippen molar-refractivity contribution in [3.63, 3.8) is 0 Å². The van der Waals surface area contributed by atoms with Gasteiger partial charge in [-0.1, -0.05) is 0 Å². The van der Waals surface area contributed by atoms with Crippen molar-refractivity contribution in [2.45, 2.75) is 31.9 Å².